The molecule has 5 aliphatic rings. The first-order valence-corrected chi connectivity index (χ1v) is 12.0. The molecule has 3 heterocycles. The highest BCUT2D eigenvalue weighted by Gasteiger charge is 2.50. The Morgan fingerprint density at radius 2 is 1.41 bits per heavy atom. The lowest BCUT2D eigenvalue weighted by molar-refractivity contribution is -0.322. The maximum atomic E-state index is 6.79. The molecule has 3 saturated heterocycles. The van der Waals surface area contributed by atoms with Crippen molar-refractivity contribution in [1.29, 1.82) is 0 Å². The summed E-state index contributed by atoms with van der Waals surface area (Å²) in [6, 6.07) is 0. The van der Waals surface area contributed by atoms with Gasteiger partial charge in [0.1, 0.15) is 6.79 Å². The zero-order valence-electron chi connectivity index (χ0n) is 17.8. The van der Waals surface area contributed by atoms with Gasteiger partial charge in [-0.1, -0.05) is 0 Å². The number of hydrogen-bond donors (Lipinski definition) is 0. The van der Waals surface area contributed by atoms with Crippen LogP contribution >= 0.6 is 0 Å². The molecule has 5 unspecified atom stereocenters. The normalized spacial score (nSPS) is 43.9. The molecule has 2 aliphatic carbocycles. The van der Waals surface area contributed by atoms with Crippen LogP contribution in [0.5, 0.6) is 0 Å². The van der Waals surface area contributed by atoms with E-state index in [0.717, 1.165) is 78.0 Å². The lowest BCUT2D eigenvalue weighted by Crippen LogP contribution is -2.51. The Balaban J connectivity index is 1.20. The second kappa shape index (κ2) is 9.09. The van der Waals surface area contributed by atoms with E-state index < -0.39 is 0 Å². The zero-order valence-corrected chi connectivity index (χ0v) is 17.8. The standard InChI is InChI=1S/C23H38O6/c1-4-19(15-22(8-1)26-11-3-12-27-22)21-7-13-28-23(29-21)9-6-18(14-23)20-5-2-10-24-17-25-16-20/h18-21H,1-17H2. The quantitative estimate of drug-likeness (QED) is 0.686. The molecule has 6 heteroatoms. The molecule has 0 bridgehead atoms. The Labute approximate surface area is 174 Å². The summed E-state index contributed by atoms with van der Waals surface area (Å²) in [6.07, 6.45) is 12.2. The van der Waals surface area contributed by atoms with Gasteiger partial charge in [0.2, 0.25) is 0 Å². The van der Waals surface area contributed by atoms with Crippen LogP contribution in [0.25, 0.3) is 0 Å². The molecule has 0 radical (unpaired) electrons. The minimum atomic E-state index is -0.370. The first-order chi connectivity index (χ1) is 14.3. The Morgan fingerprint density at radius 1 is 0.586 bits per heavy atom. The minimum Gasteiger partial charge on any atom is -0.355 e. The molecule has 2 saturated carbocycles. The molecule has 2 spiro atoms. The topological polar surface area (TPSA) is 55.4 Å². The van der Waals surface area contributed by atoms with Gasteiger partial charge in [0.05, 0.1) is 32.5 Å². The van der Waals surface area contributed by atoms with E-state index >= 15 is 0 Å². The summed E-state index contributed by atoms with van der Waals surface area (Å²) in [6.45, 7) is 4.55. The van der Waals surface area contributed by atoms with Crippen molar-refractivity contribution in [3.8, 4) is 0 Å². The van der Waals surface area contributed by atoms with Crippen molar-refractivity contribution in [2.75, 3.05) is 39.8 Å². The highest BCUT2D eigenvalue weighted by atomic mass is 16.7. The van der Waals surface area contributed by atoms with Crippen molar-refractivity contribution in [2.24, 2.45) is 17.8 Å². The van der Waals surface area contributed by atoms with E-state index in [4.69, 9.17) is 28.4 Å². The first kappa shape index (κ1) is 20.7. The van der Waals surface area contributed by atoms with Gasteiger partial charge < -0.3 is 28.4 Å². The molecule has 166 valence electrons. The molecule has 0 aromatic heterocycles. The Kier molecular flexibility index (Phi) is 6.47. The predicted octanol–water partition coefficient (Wildman–Crippen LogP) is 4.01. The molecule has 5 fully saturated rings. The number of ether oxygens (including phenoxy) is 6. The molecule has 5 rings (SSSR count). The van der Waals surface area contributed by atoms with Crippen LogP contribution in [0.4, 0.5) is 0 Å². The van der Waals surface area contributed by atoms with Crippen LogP contribution in [0.1, 0.15) is 70.6 Å². The molecule has 29 heavy (non-hydrogen) atoms. The van der Waals surface area contributed by atoms with Crippen molar-refractivity contribution in [1.82, 2.24) is 0 Å². The summed E-state index contributed by atoms with van der Waals surface area (Å²) in [4.78, 5) is 0. The molecular formula is C23H38O6. The molecular weight excluding hydrogens is 372 g/mol. The molecule has 0 N–H and O–H groups in total. The summed E-state index contributed by atoms with van der Waals surface area (Å²) in [5.41, 5.74) is 0. The molecule has 3 aliphatic heterocycles. The Bertz CT molecular complexity index is 522. The lowest BCUT2D eigenvalue weighted by Gasteiger charge is -2.47. The molecule has 5 atom stereocenters. The average Bonchev–Trinajstić information content (AvgIpc) is 3.11. The van der Waals surface area contributed by atoms with Crippen LogP contribution in [0.15, 0.2) is 0 Å². The Morgan fingerprint density at radius 3 is 2.34 bits per heavy atom. The van der Waals surface area contributed by atoms with E-state index in [1.165, 1.54) is 25.7 Å². The third-order valence-corrected chi connectivity index (χ3v) is 7.88. The van der Waals surface area contributed by atoms with Crippen molar-refractivity contribution in [2.45, 2.75) is 88.3 Å². The highest BCUT2D eigenvalue weighted by Crippen LogP contribution is 2.49. The van der Waals surface area contributed by atoms with Gasteiger partial charge in [0.25, 0.3) is 0 Å². The third kappa shape index (κ3) is 4.68. The lowest BCUT2D eigenvalue weighted by atomic mass is 9.79. The first-order valence-electron chi connectivity index (χ1n) is 12.0. The predicted molar refractivity (Wildman–Crippen MR) is 106 cm³/mol. The fourth-order valence-electron chi connectivity index (χ4n) is 6.36. The van der Waals surface area contributed by atoms with Gasteiger partial charge >= 0.3 is 0 Å². The van der Waals surface area contributed by atoms with Crippen LogP contribution in [-0.2, 0) is 28.4 Å². The number of rotatable bonds is 2. The largest absolute Gasteiger partial charge is 0.355 e. The molecule has 0 aromatic carbocycles. The number of hydrogen-bond acceptors (Lipinski definition) is 6. The maximum Gasteiger partial charge on any atom is 0.168 e. The summed E-state index contributed by atoms with van der Waals surface area (Å²) in [5, 5.41) is 0. The van der Waals surface area contributed by atoms with Crippen LogP contribution in [0.2, 0.25) is 0 Å². The fraction of sp³-hybridized carbons (Fsp3) is 1.00. The van der Waals surface area contributed by atoms with Crippen LogP contribution in [0.3, 0.4) is 0 Å². The van der Waals surface area contributed by atoms with Crippen LogP contribution < -0.4 is 0 Å². The molecule has 0 aromatic rings. The average molecular weight is 411 g/mol. The summed E-state index contributed by atoms with van der Waals surface area (Å²) in [5.74, 6) is 1.05. The van der Waals surface area contributed by atoms with E-state index in [2.05, 4.69) is 0 Å². The second-order valence-corrected chi connectivity index (χ2v) is 9.82. The van der Waals surface area contributed by atoms with Crippen molar-refractivity contribution in [3.63, 3.8) is 0 Å². The van der Waals surface area contributed by atoms with Gasteiger partial charge in [-0.2, -0.15) is 0 Å². The van der Waals surface area contributed by atoms with Crippen LogP contribution in [-0.4, -0.2) is 57.5 Å². The summed E-state index contributed by atoms with van der Waals surface area (Å²) < 4.78 is 36.5. The highest BCUT2D eigenvalue weighted by molar-refractivity contribution is 4.93. The minimum absolute atomic E-state index is 0.274. The SMILES string of the molecule is C1COC2(CCCC(C3CCOC4(CCC(C5CCCOCOC5)C4)O3)C2)OC1. The van der Waals surface area contributed by atoms with Gasteiger partial charge in [0, 0.05) is 32.3 Å². The zero-order chi connectivity index (χ0) is 19.6. The fourth-order valence-corrected chi connectivity index (χ4v) is 6.36. The van der Waals surface area contributed by atoms with Gasteiger partial charge in [-0.25, -0.2) is 0 Å². The third-order valence-electron chi connectivity index (χ3n) is 7.88. The van der Waals surface area contributed by atoms with Gasteiger partial charge in [-0.05, 0) is 62.7 Å². The monoisotopic (exact) mass is 410 g/mol. The van der Waals surface area contributed by atoms with E-state index in [9.17, 15) is 0 Å². The van der Waals surface area contributed by atoms with Crippen molar-refractivity contribution >= 4 is 0 Å². The maximum absolute atomic E-state index is 6.79. The summed E-state index contributed by atoms with van der Waals surface area (Å²) in [7, 11) is 0. The van der Waals surface area contributed by atoms with Gasteiger partial charge in [0.15, 0.2) is 11.6 Å². The van der Waals surface area contributed by atoms with Gasteiger partial charge in [-0.3, -0.25) is 0 Å². The van der Waals surface area contributed by atoms with Crippen molar-refractivity contribution < 1.29 is 28.4 Å². The molecule has 6 nitrogen and oxygen atoms in total. The van der Waals surface area contributed by atoms with E-state index in [1.54, 1.807) is 0 Å². The van der Waals surface area contributed by atoms with E-state index in [1.807, 2.05) is 0 Å². The molecule has 0 amide bonds. The van der Waals surface area contributed by atoms with E-state index in [0.29, 0.717) is 24.5 Å². The second-order valence-electron chi connectivity index (χ2n) is 9.82. The van der Waals surface area contributed by atoms with Crippen LogP contribution in [0, 0.1) is 17.8 Å². The van der Waals surface area contributed by atoms with Crippen molar-refractivity contribution in [3.05, 3.63) is 0 Å². The smallest absolute Gasteiger partial charge is 0.168 e. The van der Waals surface area contributed by atoms with Gasteiger partial charge in [-0.15, -0.1) is 0 Å². The van der Waals surface area contributed by atoms with E-state index in [-0.39, 0.29) is 17.7 Å². The Hall–Kier alpha value is -0.240. The summed E-state index contributed by atoms with van der Waals surface area (Å²) >= 11 is 0.